The first-order chi connectivity index (χ1) is 9.43. The molecule has 0 saturated heterocycles. The number of aliphatic carboxylic acids is 2. The van der Waals surface area contributed by atoms with Gasteiger partial charge in [-0.25, -0.2) is 0 Å². The molecule has 0 bridgehead atoms. The highest BCUT2D eigenvalue weighted by molar-refractivity contribution is 5.66. The number of carboxylic acids is 2. The van der Waals surface area contributed by atoms with E-state index in [2.05, 4.69) is 0 Å². The van der Waals surface area contributed by atoms with E-state index in [1.165, 1.54) is 0 Å². The molecule has 0 unspecified atom stereocenters. The highest BCUT2D eigenvalue weighted by atomic mass is 16.4. The van der Waals surface area contributed by atoms with E-state index < -0.39 is 18.0 Å². The Balaban J connectivity index is 0. The summed E-state index contributed by atoms with van der Waals surface area (Å²) in [5.41, 5.74) is 0. The van der Waals surface area contributed by atoms with Gasteiger partial charge in [-0.15, -0.1) is 0 Å². The lowest BCUT2D eigenvalue weighted by Crippen LogP contribution is -2.15. The number of unbranched alkanes of at least 4 members (excludes halogenated alkanes) is 5. The Kier molecular flexibility index (Phi) is 16.8. The average Bonchev–Trinajstić information content (AvgIpc) is 2.40. The number of aliphatic hydroxyl groups is 3. The topological polar surface area (TPSA) is 135 Å². The molecule has 0 aromatic heterocycles. The molecule has 0 aliphatic heterocycles. The molecule has 0 aromatic carbocycles. The van der Waals surface area contributed by atoms with Gasteiger partial charge in [-0.05, 0) is 12.8 Å². The van der Waals surface area contributed by atoms with Gasteiger partial charge in [0, 0.05) is 12.8 Å². The molecule has 0 aliphatic carbocycles. The van der Waals surface area contributed by atoms with Gasteiger partial charge in [0.1, 0.15) is 6.10 Å². The summed E-state index contributed by atoms with van der Waals surface area (Å²) < 4.78 is 0. The van der Waals surface area contributed by atoms with Crippen molar-refractivity contribution >= 4 is 11.9 Å². The van der Waals surface area contributed by atoms with Crippen LogP contribution in [-0.4, -0.2) is 56.8 Å². The predicted octanol–water partition coefficient (Wildman–Crippen LogP) is 0.608. The van der Waals surface area contributed by atoms with Gasteiger partial charge in [-0.1, -0.05) is 25.7 Å². The Bertz CT molecular complexity index is 219. The third-order valence-electron chi connectivity index (χ3n) is 2.45. The van der Waals surface area contributed by atoms with Gasteiger partial charge in [-0.2, -0.15) is 0 Å². The third-order valence-corrected chi connectivity index (χ3v) is 2.45. The van der Waals surface area contributed by atoms with E-state index in [0.29, 0.717) is 0 Å². The van der Waals surface area contributed by atoms with Crippen molar-refractivity contribution in [1.29, 1.82) is 0 Å². The molecule has 20 heavy (non-hydrogen) atoms. The molecule has 0 amide bonds. The van der Waals surface area contributed by atoms with Gasteiger partial charge < -0.3 is 25.5 Å². The average molecular weight is 294 g/mol. The molecule has 0 atom stereocenters. The van der Waals surface area contributed by atoms with Crippen LogP contribution in [0.5, 0.6) is 0 Å². The van der Waals surface area contributed by atoms with Crippen molar-refractivity contribution in [2.75, 3.05) is 13.2 Å². The second kappa shape index (κ2) is 15.9. The van der Waals surface area contributed by atoms with Crippen LogP contribution in [0.2, 0.25) is 0 Å². The minimum Gasteiger partial charge on any atom is -0.481 e. The molecule has 0 aliphatic rings. The lowest BCUT2D eigenvalue weighted by atomic mass is 10.1. The summed E-state index contributed by atoms with van der Waals surface area (Å²) in [6.45, 7) is -0.729. The fourth-order valence-electron chi connectivity index (χ4n) is 1.32. The highest BCUT2D eigenvalue weighted by Gasteiger charge is 1.98. The molecule has 5 N–H and O–H groups in total. The Morgan fingerprint density at radius 2 is 1.00 bits per heavy atom. The molecule has 120 valence electrons. The van der Waals surface area contributed by atoms with E-state index in [9.17, 15) is 9.59 Å². The van der Waals surface area contributed by atoms with Gasteiger partial charge in [0.25, 0.3) is 0 Å². The Hall–Kier alpha value is -1.18. The van der Waals surface area contributed by atoms with Crippen molar-refractivity contribution in [3.63, 3.8) is 0 Å². The maximum atomic E-state index is 10.1. The lowest BCUT2D eigenvalue weighted by molar-refractivity contribution is -0.138. The van der Waals surface area contributed by atoms with Crippen LogP contribution in [0, 0.1) is 0 Å². The van der Waals surface area contributed by atoms with Crippen LogP contribution >= 0.6 is 0 Å². The van der Waals surface area contributed by atoms with Gasteiger partial charge in [0.15, 0.2) is 0 Å². The zero-order valence-electron chi connectivity index (χ0n) is 11.7. The Labute approximate surface area is 118 Å². The molecule has 0 fully saturated rings. The smallest absolute Gasteiger partial charge is 0.303 e. The monoisotopic (exact) mass is 294 g/mol. The summed E-state index contributed by atoms with van der Waals surface area (Å²) in [5.74, 6) is -1.48. The summed E-state index contributed by atoms with van der Waals surface area (Å²) in [5, 5.41) is 40.7. The number of carbonyl (C=O) groups is 2. The normalized spacial score (nSPS) is 10.0. The second-order valence-electron chi connectivity index (χ2n) is 4.43. The van der Waals surface area contributed by atoms with Crippen LogP contribution in [0.25, 0.3) is 0 Å². The summed E-state index contributed by atoms with van der Waals surface area (Å²) >= 11 is 0. The first-order valence-electron chi connectivity index (χ1n) is 6.77. The number of aliphatic hydroxyl groups excluding tert-OH is 3. The van der Waals surface area contributed by atoms with Crippen LogP contribution < -0.4 is 0 Å². The number of carboxylic acid groups (broad SMARTS) is 2. The lowest BCUT2D eigenvalue weighted by Gasteiger charge is -1.98. The standard InChI is InChI=1S/C10H18O4.C3H8O3/c11-9(12)7-5-3-1-2-4-6-8-10(13)14;4-1-3(6)2-5/h1-8H2,(H,11,12)(H,13,14);3-6H,1-2H2. The van der Waals surface area contributed by atoms with Crippen molar-refractivity contribution in [2.45, 2.75) is 57.5 Å². The molecular formula is C13H26O7. The van der Waals surface area contributed by atoms with Crippen molar-refractivity contribution < 1.29 is 35.1 Å². The van der Waals surface area contributed by atoms with Gasteiger partial charge in [0.05, 0.1) is 13.2 Å². The van der Waals surface area contributed by atoms with Crippen LogP contribution in [0.1, 0.15) is 51.4 Å². The van der Waals surface area contributed by atoms with Gasteiger partial charge in [-0.3, -0.25) is 9.59 Å². The number of rotatable bonds is 11. The largest absolute Gasteiger partial charge is 0.481 e. The molecule has 0 saturated carbocycles. The van der Waals surface area contributed by atoms with Crippen LogP contribution in [-0.2, 0) is 9.59 Å². The van der Waals surface area contributed by atoms with Crippen LogP contribution in [0.15, 0.2) is 0 Å². The van der Waals surface area contributed by atoms with E-state index in [-0.39, 0.29) is 26.1 Å². The minimum atomic E-state index is -0.954. The van der Waals surface area contributed by atoms with Crippen LogP contribution in [0.3, 0.4) is 0 Å². The Morgan fingerprint density at radius 1 is 0.700 bits per heavy atom. The fraction of sp³-hybridized carbons (Fsp3) is 0.846. The third kappa shape index (κ3) is 22.0. The van der Waals surface area contributed by atoms with E-state index in [0.717, 1.165) is 38.5 Å². The van der Waals surface area contributed by atoms with Crippen molar-refractivity contribution in [3.05, 3.63) is 0 Å². The second-order valence-corrected chi connectivity index (χ2v) is 4.43. The summed E-state index contributed by atoms with van der Waals surface area (Å²) in [6.07, 6.45) is 4.87. The summed E-state index contributed by atoms with van der Waals surface area (Å²) in [6, 6.07) is 0. The van der Waals surface area contributed by atoms with E-state index >= 15 is 0 Å². The maximum Gasteiger partial charge on any atom is 0.303 e. The number of hydrogen-bond acceptors (Lipinski definition) is 5. The van der Waals surface area contributed by atoms with E-state index in [1.54, 1.807) is 0 Å². The summed E-state index contributed by atoms with van der Waals surface area (Å²) in [7, 11) is 0. The zero-order chi connectivity index (χ0) is 15.8. The van der Waals surface area contributed by atoms with Gasteiger partial charge in [0.2, 0.25) is 0 Å². The molecule has 7 heteroatoms. The van der Waals surface area contributed by atoms with Crippen molar-refractivity contribution in [3.8, 4) is 0 Å². The zero-order valence-corrected chi connectivity index (χ0v) is 11.7. The first-order valence-corrected chi connectivity index (χ1v) is 6.77. The van der Waals surface area contributed by atoms with E-state index in [4.69, 9.17) is 25.5 Å². The van der Waals surface area contributed by atoms with Crippen molar-refractivity contribution in [2.24, 2.45) is 0 Å². The Morgan fingerprint density at radius 3 is 1.20 bits per heavy atom. The predicted molar refractivity (Wildman–Crippen MR) is 72.4 cm³/mol. The number of hydrogen-bond donors (Lipinski definition) is 5. The molecule has 0 aromatic rings. The maximum absolute atomic E-state index is 10.1. The highest BCUT2D eigenvalue weighted by Crippen LogP contribution is 2.08. The van der Waals surface area contributed by atoms with E-state index in [1.807, 2.05) is 0 Å². The van der Waals surface area contributed by atoms with Gasteiger partial charge >= 0.3 is 11.9 Å². The molecule has 0 radical (unpaired) electrons. The minimum absolute atomic E-state index is 0.245. The summed E-state index contributed by atoms with van der Waals surface area (Å²) in [4.78, 5) is 20.3. The fourth-order valence-corrected chi connectivity index (χ4v) is 1.32. The van der Waals surface area contributed by atoms with Crippen molar-refractivity contribution in [1.82, 2.24) is 0 Å². The first kappa shape index (κ1) is 21.1. The molecule has 0 heterocycles. The quantitative estimate of drug-likeness (QED) is 0.352. The molecule has 7 nitrogen and oxygen atoms in total. The SMILES string of the molecule is O=C(O)CCCCCCCCC(=O)O.OCC(O)CO. The molecule has 0 spiro atoms. The molecule has 0 rings (SSSR count). The van der Waals surface area contributed by atoms with Crippen LogP contribution in [0.4, 0.5) is 0 Å². The molecular weight excluding hydrogens is 268 g/mol.